The third-order valence-corrected chi connectivity index (χ3v) is 7.48. The van der Waals surface area contributed by atoms with Crippen LogP contribution in [0.3, 0.4) is 0 Å². The van der Waals surface area contributed by atoms with E-state index in [1.54, 1.807) is 0 Å². The Labute approximate surface area is 219 Å². The Morgan fingerprint density at radius 3 is 2.53 bits per heavy atom. The Morgan fingerprint density at radius 1 is 0.816 bits per heavy atom. The summed E-state index contributed by atoms with van der Waals surface area (Å²) in [6.07, 6.45) is 9.62. The average molecular weight is 503 g/mol. The molecule has 2 aromatic carbocycles. The standard InChI is InChI=1S/C31H27FN6/c32-24-9-7-21(8-10-24)25-5-4-6-28-26(25)15-29(35-28)30-27-14-23(18-34-31(27)37-36-30)22-13-20(16-33-17-22)19-38-11-2-1-3-12-38/h4-10,13-18,35H,1-3,11-12,19H2,(H,34,36,37). The van der Waals surface area contributed by atoms with Crippen molar-refractivity contribution in [2.24, 2.45) is 0 Å². The van der Waals surface area contributed by atoms with E-state index in [2.05, 4.69) is 54.3 Å². The van der Waals surface area contributed by atoms with Crippen LogP contribution in [-0.2, 0) is 6.54 Å². The summed E-state index contributed by atoms with van der Waals surface area (Å²) in [5.74, 6) is -0.241. The SMILES string of the molecule is Fc1ccc(-c2cccc3[nH]c(-c4[nH]nc5ncc(-c6cncc(CN7CCCCC7)c6)cc45)cc23)cc1. The lowest BCUT2D eigenvalue weighted by Gasteiger charge is -2.26. The lowest BCUT2D eigenvalue weighted by atomic mass is 10.0. The van der Waals surface area contributed by atoms with E-state index >= 15 is 0 Å². The van der Waals surface area contributed by atoms with Gasteiger partial charge in [0, 0.05) is 52.6 Å². The first-order chi connectivity index (χ1) is 18.7. The lowest BCUT2D eigenvalue weighted by Crippen LogP contribution is -2.29. The molecule has 6 nitrogen and oxygen atoms in total. The van der Waals surface area contributed by atoms with Gasteiger partial charge in [-0.25, -0.2) is 9.37 Å². The van der Waals surface area contributed by atoms with Gasteiger partial charge in [-0.2, -0.15) is 5.10 Å². The molecule has 7 heteroatoms. The second-order valence-electron chi connectivity index (χ2n) is 10.1. The van der Waals surface area contributed by atoms with Gasteiger partial charge >= 0.3 is 0 Å². The zero-order valence-electron chi connectivity index (χ0n) is 20.9. The highest BCUT2D eigenvalue weighted by atomic mass is 19.1. The van der Waals surface area contributed by atoms with Crippen LogP contribution in [0, 0.1) is 5.82 Å². The van der Waals surface area contributed by atoms with Gasteiger partial charge in [-0.3, -0.25) is 15.0 Å². The molecule has 0 unspecified atom stereocenters. The Hall–Kier alpha value is -4.36. The van der Waals surface area contributed by atoms with Gasteiger partial charge < -0.3 is 4.98 Å². The van der Waals surface area contributed by atoms with Gasteiger partial charge in [-0.1, -0.05) is 30.7 Å². The third kappa shape index (κ3) is 4.25. The summed E-state index contributed by atoms with van der Waals surface area (Å²) in [5.41, 5.74) is 8.78. The highest BCUT2D eigenvalue weighted by Gasteiger charge is 2.16. The topological polar surface area (TPSA) is 73.5 Å². The van der Waals surface area contributed by atoms with Crippen molar-refractivity contribution in [2.45, 2.75) is 25.8 Å². The van der Waals surface area contributed by atoms with Crippen LogP contribution in [-0.4, -0.2) is 43.1 Å². The molecule has 188 valence electrons. The van der Waals surface area contributed by atoms with Crippen molar-refractivity contribution in [3.63, 3.8) is 0 Å². The minimum atomic E-state index is -0.241. The molecule has 38 heavy (non-hydrogen) atoms. The van der Waals surface area contributed by atoms with Crippen LogP contribution in [0.15, 0.2) is 79.3 Å². The monoisotopic (exact) mass is 502 g/mol. The molecule has 0 spiro atoms. The van der Waals surface area contributed by atoms with Crippen molar-refractivity contribution >= 4 is 21.9 Å². The van der Waals surface area contributed by atoms with Gasteiger partial charge in [0.25, 0.3) is 0 Å². The number of H-pyrrole nitrogens is 2. The number of benzene rings is 2. The van der Waals surface area contributed by atoms with Gasteiger partial charge in [0.05, 0.1) is 11.4 Å². The predicted octanol–water partition coefficient (Wildman–Crippen LogP) is 6.96. The summed E-state index contributed by atoms with van der Waals surface area (Å²) >= 11 is 0. The molecule has 0 bridgehead atoms. The van der Waals surface area contributed by atoms with Gasteiger partial charge in [-0.05, 0) is 79.0 Å². The number of nitrogens with one attached hydrogen (secondary N) is 2. The lowest BCUT2D eigenvalue weighted by molar-refractivity contribution is 0.220. The molecule has 0 saturated carbocycles. The number of piperidine rings is 1. The van der Waals surface area contributed by atoms with Crippen LogP contribution < -0.4 is 0 Å². The number of rotatable bonds is 5. The number of hydrogen-bond donors (Lipinski definition) is 2. The first-order valence-electron chi connectivity index (χ1n) is 13.1. The fraction of sp³-hybridized carbons (Fsp3) is 0.194. The van der Waals surface area contributed by atoms with Gasteiger partial charge in [-0.15, -0.1) is 0 Å². The van der Waals surface area contributed by atoms with E-state index in [1.165, 1.54) is 37.0 Å². The molecule has 0 radical (unpaired) electrons. The third-order valence-electron chi connectivity index (χ3n) is 7.48. The van der Waals surface area contributed by atoms with Crippen LogP contribution in [0.5, 0.6) is 0 Å². The highest BCUT2D eigenvalue weighted by molar-refractivity contribution is 6.01. The molecular formula is C31H27FN6. The van der Waals surface area contributed by atoms with Crippen molar-refractivity contribution in [3.8, 4) is 33.6 Å². The average Bonchev–Trinajstić information content (AvgIpc) is 3.58. The summed E-state index contributed by atoms with van der Waals surface area (Å²) < 4.78 is 13.5. The van der Waals surface area contributed by atoms with Crippen LogP contribution >= 0.6 is 0 Å². The molecule has 0 amide bonds. The molecule has 2 N–H and O–H groups in total. The summed E-state index contributed by atoms with van der Waals surface area (Å²) in [5, 5.41) is 9.66. The minimum absolute atomic E-state index is 0.241. The Kier molecular flexibility index (Phi) is 5.70. The molecule has 7 rings (SSSR count). The molecule has 1 fully saturated rings. The summed E-state index contributed by atoms with van der Waals surface area (Å²) in [6.45, 7) is 3.24. The smallest absolute Gasteiger partial charge is 0.181 e. The van der Waals surface area contributed by atoms with E-state index < -0.39 is 0 Å². The molecule has 0 atom stereocenters. The normalized spacial score (nSPS) is 14.4. The number of halogens is 1. The Morgan fingerprint density at radius 2 is 1.66 bits per heavy atom. The largest absolute Gasteiger partial charge is 0.353 e. The van der Waals surface area contributed by atoms with Gasteiger partial charge in [0.2, 0.25) is 0 Å². The molecular weight excluding hydrogens is 475 g/mol. The number of hydrogen-bond acceptors (Lipinski definition) is 4. The maximum atomic E-state index is 13.5. The molecule has 5 heterocycles. The highest BCUT2D eigenvalue weighted by Crippen LogP contribution is 2.35. The first-order valence-corrected chi connectivity index (χ1v) is 13.1. The van der Waals surface area contributed by atoms with Crippen molar-refractivity contribution in [3.05, 3.63) is 90.6 Å². The fourth-order valence-electron chi connectivity index (χ4n) is 5.54. The maximum Gasteiger partial charge on any atom is 0.181 e. The molecule has 4 aromatic heterocycles. The van der Waals surface area contributed by atoms with E-state index in [0.29, 0.717) is 5.65 Å². The fourth-order valence-corrected chi connectivity index (χ4v) is 5.54. The number of aromatic amines is 2. The molecule has 1 aliphatic rings. The van der Waals surface area contributed by atoms with Gasteiger partial charge in [0.15, 0.2) is 5.65 Å². The quantitative estimate of drug-likeness (QED) is 0.267. The van der Waals surface area contributed by atoms with Crippen molar-refractivity contribution in [1.82, 2.24) is 30.0 Å². The van der Waals surface area contributed by atoms with Gasteiger partial charge in [0.1, 0.15) is 5.82 Å². The van der Waals surface area contributed by atoms with Crippen LogP contribution in [0.2, 0.25) is 0 Å². The second kappa shape index (κ2) is 9.50. The van der Waals surface area contributed by atoms with Crippen molar-refractivity contribution in [1.29, 1.82) is 0 Å². The second-order valence-corrected chi connectivity index (χ2v) is 10.1. The van der Waals surface area contributed by atoms with E-state index in [1.807, 2.05) is 42.9 Å². The van der Waals surface area contributed by atoms with E-state index in [9.17, 15) is 4.39 Å². The molecule has 1 aliphatic heterocycles. The first kappa shape index (κ1) is 22.8. The minimum Gasteiger partial charge on any atom is -0.353 e. The summed E-state index contributed by atoms with van der Waals surface area (Å²) in [6, 6.07) is 19.2. The molecule has 0 aliphatic carbocycles. The zero-order chi connectivity index (χ0) is 25.5. The maximum absolute atomic E-state index is 13.5. The Bertz CT molecular complexity index is 1740. The number of pyridine rings is 2. The van der Waals surface area contributed by atoms with Crippen LogP contribution in [0.4, 0.5) is 4.39 Å². The molecule has 6 aromatic rings. The number of likely N-dealkylation sites (tertiary alicyclic amines) is 1. The number of aromatic nitrogens is 5. The van der Waals surface area contributed by atoms with E-state index in [-0.39, 0.29) is 5.82 Å². The van der Waals surface area contributed by atoms with Crippen molar-refractivity contribution < 1.29 is 4.39 Å². The zero-order valence-corrected chi connectivity index (χ0v) is 20.9. The predicted molar refractivity (Wildman–Crippen MR) is 149 cm³/mol. The Balaban J connectivity index is 1.25. The molecule has 1 saturated heterocycles. The summed E-state index contributed by atoms with van der Waals surface area (Å²) in [4.78, 5) is 15.2. The number of nitrogens with zero attached hydrogens (tertiary/aromatic N) is 4. The van der Waals surface area contributed by atoms with Crippen LogP contribution in [0.25, 0.3) is 55.6 Å². The van der Waals surface area contributed by atoms with Crippen molar-refractivity contribution in [2.75, 3.05) is 13.1 Å². The number of fused-ring (bicyclic) bond motifs is 2. The van der Waals surface area contributed by atoms with E-state index in [4.69, 9.17) is 0 Å². The van der Waals surface area contributed by atoms with E-state index in [0.717, 1.165) is 69.6 Å². The van der Waals surface area contributed by atoms with Crippen LogP contribution in [0.1, 0.15) is 24.8 Å². The summed E-state index contributed by atoms with van der Waals surface area (Å²) in [7, 11) is 0.